The number of nitro groups is 1. The third-order valence-electron chi connectivity index (χ3n) is 1.83. The number of aliphatic carboxylic acids is 1. The van der Waals surface area contributed by atoms with E-state index in [0.29, 0.717) is 0 Å². The Hall–Kier alpha value is -1.79. The summed E-state index contributed by atoms with van der Waals surface area (Å²) in [6, 6.07) is 0. The predicted molar refractivity (Wildman–Crippen MR) is 42.0 cm³/mol. The lowest BCUT2D eigenvalue weighted by molar-refractivity contribution is -0.596. The number of rotatable bonds is 3. The van der Waals surface area contributed by atoms with Crippen LogP contribution < -0.4 is 5.32 Å². The van der Waals surface area contributed by atoms with Gasteiger partial charge in [-0.3, -0.25) is 19.8 Å². The Bertz CT molecular complexity index is 277. The Morgan fingerprint density at radius 2 is 2.46 bits per heavy atom. The molecule has 1 rings (SSSR count). The highest BCUT2D eigenvalue weighted by atomic mass is 16.6. The van der Waals surface area contributed by atoms with E-state index in [9.17, 15) is 14.9 Å². The maximum Gasteiger partial charge on any atom is 0.372 e. The fraction of sp³-hybridized carbons (Fsp3) is 0.500. The van der Waals surface area contributed by atoms with E-state index in [1.807, 2.05) is 0 Å². The van der Waals surface area contributed by atoms with E-state index < -0.39 is 23.2 Å². The molecule has 7 heteroatoms. The number of hydrogen-bond donors (Lipinski definition) is 2. The fourth-order valence-electron chi connectivity index (χ4n) is 1.02. The van der Waals surface area contributed by atoms with Gasteiger partial charge in [0.15, 0.2) is 0 Å². The van der Waals surface area contributed by atoms with Gasteiger partial charge in [-0.05, 0) is 0 Å². The molecular weight excluding hydrogens is 178 g/mol. The normalized spacial score (nSPS) is 25.8. The summed E-state index contributed by atoms with van der Waals surface area (Å²) in [7, 11) is 0. The van der Waals surface area contributed by atoms with Gasteiger partial charge in [-0.15, -0.1) is 0 Å². The summed E-state index contributed by atoms with van der Waals surface area (Å²) >= 11 is 0. The maximum absolute atomic E-state index is 10.6. The molecule has 0 aromatic heterocycles. The minimum atomic E-state index is -1.54. The van der Waals surface area contributed by atoms with Crippen molar-refractivity contribution >= 4 is 5.97 Å². The molecule has 0 spiro atoms. The average Bonchev–Trinajstić information content (AvgIpc) is 2.33. The van der Waals surface area contributed by atoms with Crippen LogP contribution in [0.4, 0.5) is 0 Å². The number of nitrogens with zero attached hydrogens (tertiary/aromatic N) is 2. The second-order valence-electron chi connectivity index (χ2n) is 2.76. The highest BCUT2D eigenvalue weighted by Crippen LogP contribution is 2.17. The summed E-state index contributed by atoms with van der Waals surface area (Å²) < 4.78 is 0. The highest BCUT2D eigenvalue weighted by molar-refractivity contribution is 5.69. The van der Waals surface area contributed by atoms with Gasteiger partial charge >= 0.3 is 11.8 Å². The topological polar surface area (TPSA) is 95.7 Å². The molecule has 1 atom stereocenters. The molecule has 7 nitrogen and oxygen atoms in total. The zero-order chi connectivity index (χ0) is 10.1. The molecule has 1 aliphatic rings. The minimum Gasteiger partial charge on any atom is -0.480 e. The van der Waals surface area contributed by atoms with E-state index in [2.05, 4.69) is 5.32 Å². The average molecular weight is 187 g/mol. The summed E-state index contributed by atoms with van der Waals surface area (Å²) in [4.78, 5) is 21.5. The SMILES string of the molecule is CC1([N+](=O)[O-])NC=CN1CC(=O)O. The molecule has 0 aromatic rings. The van der Waals surface area contributed by atoms with E-state index in [-0.39, 0.29) is 0 Å². The molecule has 0 saturated heterocycles. The van der Waals surface area contributed by atoms with Gasteiger partial charge in [0, 0.05) is 19.3 Å². The second kappa shape index (κ2) is 2.92. The van der Waals surface area contributed by atoms with Gasteiger partial charge in [0.05, 0.1) is 4.92 Å². The lowest BCUT2D eigenvalue weighted by Gasteiger charge is -2.25. The molecule has 0 amide bonds. The minimum absolute atomic E-state index is 0.402. The van der Waals surface area contributed by atoms with Crippen molar-refractivity contribution in [3.8, 4) is 0 Å². The van der Waals surface area contributed by atoms with Gasteiger partial charge in [-0.2, -0.15) is 0 Å². The first-order valence-electron chi connectivity index (χ1n) is 3.54. The third-order valence-corrected chi connectivity index (χ3v) is 1.83. The molecule has 1 unspecified atom stereocenters. The lowest BCUT2D eigenvalue weighted by Crippen LogP contribution is -2.56. The smallest absolute Gasteiger partial charge is 0.372 e. The van der Waals surface area contributed by atoms with Crippen LogP contribution in [0.2, 0.25) is 0 Å². The Balaban J connectivity index is 2.78. The molecule has 13 heavy (non-hydrogen) atoms. The van der Waals surface area contributed by atoms with Crippen LogP contribution in [0, 0.1) is 10.1 Å². The van der Waals surface area contributed by atoms with Crippen LogP contribution >= 0.6 is 0 Å². The van der Waals surface area contributed by atoms with Crippen molar-refractivity contribution in [3.05, 3.63) is 22.5 Å². The van der Waals surface area contributed by atoms with Crippen molar-refractivity contribution in [2.75, 3.05) is 6.54 Å². The second-order valence-corrected chi connectivity index (χ2v) is 2.76. The molecular formula is C6H9N3O4. The zero-order valence-corrected chi connectivity index (χ0v) is 6.93. The van der Waals surface area contributed by atoms with Crippen LogP contribution in [0.3, 0.4) is 0 Å². The molecule has 0 saturated carbocycles. The van der Waals surface area contributed by atoms with Crippen molar-refractivity contribution in [2.45, 2.75) is 12.7 Å². The Labute approximate surface area is 73.8 Å². The number of carboxylic acids is 1. The van der Waals surface area contributed by atoms with Crippen molar-refractivity contribution in [1.82, 2.24) is 10.2 Å². The lowest BCUT2D eigenvalue weighted by atomic mass is 10.3. The number of carboxylic acid groups (broad SMARTS) is 1. The number of nitrogens with one attached hydrogen (secondary N) is 1. The summed E-state index contributed by atoms with van der Waals surface area (Å²) in [5, 5.41) is 21.5. The van der Waals surface area contributed by atoms with Crippen LogP contribution in [-0.4, -0.2) is 33.2 Å². The summed E-state index contributed by atoms with van der Waals surface area (Å²) in [6.45, 7) is 0.900. The zero-order valence-electron chi connectivity index (χ0n) is 6.93. The first kappa shape index (κ1) is 9.30. The molecule has 0 radical (unpaired) electrons. The summed E-state index contributed by atoms with van der Waals surface area (Å²) in [5.74, 6) is -2.65. The van der Waals surface area contributed by atoms with Gasteiger partial charge < -0.3 is 10.4 Å². The predicted octanol–water partition coefficient (Wildman–Crippen LogP) is -0.602. The Morgan fingerprint density at radius 3 is 2.92 bits per heavy atom. The fourth-order valence-corrected chi connectivity index (χ4v) is 1.02. The van der Waals surface area contributed by atoms with Crippen LogP contribution in [0.15, 0.2) is 12.4 Å². The standard InChI is InChI=1S/C6H9N3O4/c1-6(9(12)13)7-2-3-8(6)4-5(10)11/h2-3,7H,4H2,1H3,(H,10,11). The first-order valence-corrected chi connectivity index (χ1v) is 3.54. The monoisotopic (exact) mass is 187 g/mol. The molecule has 0 bridgehead atoms. The maximum atomic E-state index is 10.6. The van der Waals surface area contributed by atoms with Gasteiger partial charge in [-0.25, -0.2) is 0 Å². The third kappa shape index (κ3) is 1.53. The van der Waals surface area contributed by atoms with Crippen molar-refractivity contribution in [2.24, 2.45) is 0 Å². The Morgan fingerprint density at radius 1 is 1.85 bits per heavy atom. The molecule has 0 aliphatic carbocycles. The van der Waals surface area contributed by atoms with Gasteiger partial charge in [0.1, 0.15) is 6.54 Å². The van der Waals surface area contributed by atoms with Crippen LogP contribution in [-0.2, 0) is 4.79 Å². The highest BCUT2D eigenvalue weighted by Gasteiger charge is 2.45. The molecule has 0 fully saturated rings. The number of hydrogen-bond acceptors (Lipinski definition) is 5. The van der Waals surface area contributed by atoms with E-state index in [0.717, 1.165) is 4.90 Å². The molecule has 2 N–H and O–H groups in total. The van der Waals surface area contributed by atoms with Crippen molar-refractivity contribution in [3.63, 3.8) is 0 Å². The van der Waals surface area contributed by atoms with Crippen LogP contribution in [0.25, 0.3) is 0 Å². The van der Waals surface area contributed by atoms with Gasteiger partial charge in [0.25, 0.3) is 0 Å². The van der Waals surface area contributed by atoms with E-state index >= 15 is 0 Å². The first-order chi connectivity index (χ1) is 5.97. The largest absolute Gasteiger partial charge is 0.480 e. The molecule has 1 heterocycles. The van der Waals surface area contributed by atoms with Crippen LogP contribution in [0.5, 0.6) is 0 Å². The van der Waals surface area contributed by atoms with E-state index in [1.54, 1.807) is 0 Å². The summed E-state index contributed by atoms with van der Waals surface area (Å²) in [6.07, 6.45) is 2.70. The van der Waals surface area contributed by atoms with Crippen LogP contribution in [0.1, 0.15) is 6.92 Å². The van der Waals surface area contributed by atoms with E-state index in [4.69, 9.17) is 5.11 Å². The molecule has 1 aliphatic heterocycles. The van der Waals surface area contributed by atoms with Gasteiger partial charge in [-0.1, -0.05) is 0 Å². The summed E-state index contributed by atoms with van der Waals surface area (Å²) in [5.41, 5.74) is 0. The molecule has 72 valence electrons. The van der Waals surface area contributed by atoms with Gasteiger partial charge in [0.2, 0.25) is 0 Å². The Kier molecular flexibility index (Phi) is 2.09. The van der Waals surface area contributed by atoms with Crippen molar-refractivity contribution < 1.29 is 14.8 Å². The molecule has 0 aromatic carbocycles. The van der Waals surface area contributed by atoms with E-state index in [1.165, 1.54) is 19.3 Å². The quantitative estimate of drug-likeness (QED) is 0.452. The number of carbonyl (C=O) groups is 1. The van der Waals surface area contributed by atoms with Crippen molar-refractivity contribution in [1.29, 1.82) is 0 Å².